The topological polar surface area (TPSA) is 19.6 Å². The van der Waals surface area contributed by atoms with Crippen LogP contribution in [-0.4, -0.2) is 6.04 Å². The van der Waals surface area contributed by atoms with Gasteiger partial charge in [-0.05, 0) is 115 Å². The zero-order valence-electron chi connectivity index (χ0n) is 28.7. The van der Waals surface area contributed by atoms with Crippen molar-refractivity contribution in [2.45, 2.75) is 56.4 Å². The predicted octanol–water partition coefficient (Wildman–Crippen LogP) is 12.0. The highest BCUT2D eigenvalue weighted by atomic mass is 16.3. The molecule has 0 saturated heterocycles. The van der Waals surface area contributed by atoms with Gasteiger partial charge < -0.3 is 14.2 Å². The fourth-order valence-electron chi connectivity index (χ4n) is 9.73. The SMILES string of the molecule is C1=CC(N2C3=CC=C(C4=CCC(C5=CC6c7ccccc7N(c7ccc8oc9c(c8c7)CCC=C9)C6C=C5)C=C4)CC3c3ccccc32)=CCC1. The molecule has 1 aromatic heterocycles. The zero-order chi connectivity index (χ0) is 33.5. The molecule has 4 aromatic rings. The third-order valence-electron chi connectivity index (χ3n) is 12.2. The van der Waals surface area contributed by atoms with Crippen LogP contribution in [0.5, 0.6) is 0 Å². The summed E-state index contributed by atoms with van der Waals surface area (Å²) in [5.41, 5.74) is 16.1. The van der Waals surface area contributed by atoms with E-state index in [2.05, 4.69) is 156 Å². The molecule has 5 aliphatic carbocycles. The lowest BCUT2D eigenvalue weighted by molar-refractivity contribution is 0.595. The second-order valence-corrected chi connectivity index (χ2v) is 14.9. The molecule has 0 fully saturated rings. The van der Waals surface area contributed by atoms with E-state index in [0.717, 1.165) is 49.9 Å². The van der Waals surface area contributed by atoms with Gasteiger partial charge in [-0.1, -0.05) is 97.2 Å². The third-order valence-corrected chi connectivity index (χ3v) is 12.2. The van der Waals surface area contributed by atoms with Crippen LogP contribution < -0.4 is 9.80 Å². The van der Waals surface area contributed by atoms with E-state index in [1.54, 1.807) is 0 Å². The quantitative estimate of drug-likeness (QED) is 0.217. The Morgan fingerprint density at radius 1 is 0.745 bits per heavy atom. The number of hydrogen-bond donors (Lipinski definition) is 0. The Morgan fingerprint density at radius 2 is 1.63 bits per heavy atom. The maximum absolute atomic E-state index is 6.22. The fraction of sp³-hybridized carbons (Fsp3) is 0.208. The van der Waals surface area contributed by atoms with Gasteiger partial charge in [-0.15, -0.1) is 0 Å². The molecule has 3 heterocycles. The van der Waals surface area contributed by atoms with Gasteiger partial charge in [0.05, 0.1) is 6.04 Å². The number of allylic oxidation sites excluding steroid dienone is 14. The Labute approximate surface area is 300 Å². The highest BCUT2D eigenvalue weighted by molar-refractivity contribution is 5.90. The van der Waals surface area contributed by atoms with Gasteiger partial charge in [-0.2, -0.15) is 0 Å². The zero-order valence-corrected chi connectivity index (χ0v) is 28.7. The molecule has 3 heteroatoms. The summed E-state index contributed by atoms with van der Waals surface area (Å²) in [5, 5.41) is 1.26. The van der Waals surface area contributed by atoms with Gasteiger partial charge >= 0.3 is 0 Å². The Morgan fingerprint density at radius 3 is 2.51 bits per heavy atom. The lowest BCUT2D eigenvalue weighted by atomic mass is 9.79. The first-order chi connectivity index (χ1) is 25.3. The lowest BCUT2D eigenvalue weighted by Gasteiger charge is -2.31. The van der Waals surface area contributed by atoms with E-state index in [4.69, 9.17) is 4.42 Å². The van der Waals surface area contributed by atoms with Crippen LogP contribution >= 0.6 is 0 Å². The molecule has 248 valence electrons. The van der Waals surface area contributed by atoms with Gasteiger partial charge in [0, 0.05) is 57.2 Å². The van der Waals surface area contributed by atoms with Crippen molar-refractivity contribution in [1.82, 2.24) is 0 Å². The summed E-state index contributed by atoms with van der Waals surface area (Å²) in [4.78, 5) is 5.05. The van der Waals surface area contributed by atoms with Crippen molar-refractivity contribution in [3.63, 3.8) is 0 Å². The van der Waals surface area contributed by atoms with E-state index in [9.17, 15) is 0 Å². The van der Waals surface area contributed by atoms with Crippen molar-refractivity contribution < 1.29 is 4.42 Å². The van der Waals surface area contributed by atoms with Crippen LogP contribution in [0.1, 0.15) is 66.4 Å². The van der Waals surface area contributed by atoms with Crippen molar-refractivity contribution >= 4 is 34.1 Å². The number of para-hydroxylation sites is 2. The number of furan rings is 1. The molecule has 2 aliphatic heterocycles. The van der Waals surface area contributed by atoms with E-state index < -0.39 is 0 Å². The smallest absolute Gasteiger partial charge is 0.135 e. The third kappa shape index (κ3) is 4.57. The summed E-state index contributed by atoms with van der Waals surface area (Å²) in [7, 11) is 0. The first kappa shape index (κ1) is 29.2. The second-order valence-electron chi connectivity index (χ2n) is 14.9. The Kier molecular flexibility index (Phi) is 6.59. The number of nitrogens with zero attached hydrogens (tertiary/aromatic N) is 2. The van der Waals surface area contributed by atoms with Gasteiger partial charge in [-0.3, -0.25) is 0 Å². The molecular formula is C48H40N2O. The van der Waals surface area contributed by atoms with Gasteiger partial charge in [0.25, 0.3) is 0 Å². The van der Waals surface area contributed by atoms with Crippen LogP contribution in [0.2, 0.25) is 0 Å². The average molecular weight is 661 g/mol. The Hall–Kier alpha value is -5.54. The van der Waals surface area contributed by atoms with Crippen LogP contribution in [0.25, 0.3) is 17.0 Å². The van der Waals surface area contributed by atoms with E-state index in [1.807, 2.05) is 0 Å². The van der Waals surface area contributed by atoms with E-state index >= 15 is 0 Å². The summed E-state index contributed by atoms with van der Waals surface area (Å²) in [6.45, 7) is 0. The summed E-state index contributed by atoms with van der Waals surface area (Å²) in [6.07, 6.45) is 37.4. The standard InChI is InChI=1S/C48H40N2O/c1-2-10-35(11-3-1)49-43-15-7-4-12-37(43)40-28-33(22-25-45(40)49)31-18-20-32(21-19-31)34-23-26-46-41(29-34)38-13-5-8-16-44(38)50(46)36-24-27-48-42(30-36)39-14-6-9-17-47(39)51-48/h2,4-5,7-13,15-20,22-27,29-30,32,40-41,46H,1,3,6,14,21,28H2. The molecule has 0 spiro atoms. The summed E-state index contributed by atoms with van der Waals surface area (Å²) < 4.78 is 6.22. The molecule has 11 rings (SSSR count). The largest absolute Gasteiger partial charge is 0.456 e. The lowest BCUT2D eigenvalue weighted by Crippen LogP contribution is -2.29. The fourth-order valence-corrected chi connectivity index (χ4v) is 9.73. The number of anilines is 3. The van der Waals surface area contributed by atoms with Crippen LogP contribution in [0.3, 0.4) is 0 Å². The van der Waals surface area contributed by atoms with E-state index in [1.165, 1.54) is 67.3 Å². The maximum atomic E-state index is 6.22. The highest BCUT2D eigenvalue weighted by Gasteiger charge is 2.40. The Bertz CT molecular complexity index is 2420. The number of aryl methyl sites for hydroxylation is 1. The molecule has 7 aliphatic rings. The molecule has 4 unspecified atom stereocenters. The van der Waals surface area contributed by atoms with Crippen LogP contribution in [0.4, 0.5) is 17.1 Å². The molecule has 0 amide bonds. The van der Waals surface area contributed by atoms with Gasteiger partial charge in [0.2, 0.25) is 0 Å². The minimum absolute atomic E-state index is 0.256. The molecular weight excluding hydrogens is 621 g/mol. The Balaban J connectivity index is 0.858. The van der Waals surface area contributed by atoms with Crippen molar-refractivity contribution in [3.05, 3.63) is 190 Å². The molecule has 0 radical (unpaired) electrons. The molecule has 0 saturated carbocycles. The van der Waals surface area contributed by atoms with Gasteiger partial charge in [0.1, 0.15) is 11.3 Å². The number of hydrogen-bond acceptors (Lipinski definition) is 3. The van der Waals surface area contributed by atoms with Crippen LogP contribution in [0.15, 0.2) is 172 Å². The molecule has 4 atom stereocenters. The molecule has 3 aromatic carbocycles. The average Bonchev–Trinajstić information content (AvgIpc) is 3.85. The minimum Gasteiger partial charge on any atom is -0.456 e. The van der Waals surface area contributed by atoms with E-state index in [0.29, 0.717) is 17.8 Å². The minimum atomic E-state index is 0.256. The first-order valence-corrected chi connectivity index (χ1v) is 18.8. The highest BCUT2D eigenvalue weighted by Crippen LogP contribution is 2.53. The number of rotatable bonds is 4. The monoisotopic (exact) mass is 660 g/mol. The molecule has 0 N–H and O–H groups in total. The van der Waals surface area contributed by atoms with Crippen molar-refractivity contribution in [3.8, 4) is 0 Å². The molecule has 51 heavy (non-hydrogen) atoms. The summed E-state index contributed by atoms with van der Waals surface area (Å²) in [5.74, 6) is 2.13. The van der Waals surface area contributed by atoms with Gasteiger partial charge in [-0.25, -0.2) is 0 Å². The van der Waals surface area contributed by atoms with Gasteiger partial charge in [0.15, 0.2) is 0 Å². The van der Waals surface area contributed by atoms with Crippen molar-refractivity contribution in [2.75, 3.05) is 9.80 Å². The number of fused-ring (bicyclic) bond motifs is 9. The first-order valence-electron chi connectivity index (χ1n) is 18.8. The molecule has 3 nitrogen and oxygen atoms in total. The summed E-state index contributed by atoms with van der Waals surface area (Å²) >= 11 is 0. The van der Waals surface area contributed by atoms with Crippen molar-refractivity contribution in [1.29, 1.82) is 0 Å². The van der Waals surface area contributed by atoms with Crippen LogP contribution in [0, 0.1) is 5.92 Å². The van der Waals surface area contributed by atoms with Crippen molar-refractivity contribution in [2.24, 2.45) is 5.92 Å². The maximum Gasteiger partial charge on any atom is 0.135 e. The van der Waals surface area contributed by atoms with Crippen LogP contribution in [-0.2, 0) is 6.42 Å². The predicted molar refractivity (Wildman–Crippen MR) is 210 cm³/mol. The summed E-state index contributed by atoms with van der Waals surface area (Å²) in [6, 6.07) is 25.1. The second kappa shape index (κ2) is 11.5. The van der Waals surface area contributed by atoms with E-state index in [-0.39, 0.29) is 6.04 Å². The molecule has 0 bridgehead atoms. The number of benzene rings is 3. The normalized spacial score (nSPS) is 25.4.